The van der Waals surface area contributed by atoms with Gasteiger partial charge in [-0.3, -0.25) is 4.79 Å². The average Bonchev–Trinajstić information content (AvgIpc) is 2.34. The van der Waals surface area contributed by atoms with Crippen LogP contribution in [0, 0.1) is 0 Å². The van der Waals surface area contributed by atoms with Crippen LogP contribution in [0.25, 0.3) is 0 Å². The molecule has 1 aliphatic heterocycles. The summed E-state index contributed by atoms with van der Waals surface area (Å²) >= 11 is 0. The van der Waals surface area contributed by atoms with Crippen molar-refractivity contribution in [3.05, 3.63) is 29.3 Å². The van der Waals surface area contributed by atoms with Gasteiger partial charge in [-0.2, -0.15) is 0 Å². The second-order valence-electron chi connectivity index (χ2n) is 5.90. The Morgan fingerprint density at radius 2 is 2.10 bits per heavy atom. The van der Waals surface area contributed by atoms with Crippen molar-refractivity contribution < 1.29 is 14.3 Å². The van der Waals surface area contributed by atoms with E-state index in [1.807, 2.05) is 39.0 Å². The SMILES string of the molecule is CC(C)(C)OC(=O)NCc1ccc2c(c1)CCC(=O)N2. The highest BCUT2D eigenvalue weighted by Crippen LogP contribution is 2.23. The molecule has 1 aromatic rings. The van der Waals surface area contributed by atoms with Gasteiger partial charge in [0.25, 0.3) is 0 Å². The fourth-order valence-electron chi connectivity index (χ4n) is 2.04. The van der Waals surface area contributed by atoms with Crippen molar-refractivity contribution in [2.45, 2.75) is 45.8 Å². The quantitative estimate of drug-likeness (QED) is 0.872. The topological polar surface area (TPSA) is 67.4 Å². The van der Waals surface area contributed by atoms with Crippen molar-refractivity contribution >= 4 is 17.7 Å². The van der Waals surface area contributed by atoms with E-state index in [9.17, 15) is 9.59 Å². The molecule has 1 heterocycles. The maximum atomic E-state index is 11.6. The number of anilines is 1. The van der Waals surface area contributed by atoms with E-state index in [1.165, 1.54) is 0 Å². The van der Waals surface area contributed by atoms with Crippen molar-refractivity contribution in [1.29, 1.82) is 0 Å². The molecule has 1 aliphatic rings. The molecule has 0 aromatic heterocycles. The van der Waals surface area contributed by atoms with Crippen LogP contribution in [0.5, 0.6) is 0 Å². The Labute approximate surface area is 118 Å². The van der Waals surface area contributed by atoms with Gasteiger partial charge in [-0.1, -0.05) is 12.1 Å². The Morgan fingerprint density at radius 3 is 2.80 bits per heavy atom. The van der Waals surface area contributed by atoms with Gasteiger partial charge in [0.1, 0.15) is 5.60 Å². The minimum absolute atomic E-state index is 0.0529. The fraction of sp³-hybridized carbons (Fsp3) is 0.467. The standard InChI is InChI=1S/C15H20N2O3/c1-15(2,3)20-14(19)16-9-10-4-6-12-11(8-10)5-7-13(18)17-12/h4,6,8H,5,7,9H2,1-3H3,(H,16,19)(H,17,18). The number of hydrogen-bond acceptors (Lipinski definition) is 3. The molecule has 0 atom stereocenters. The number of nitrogens with one attached hydrogen (secondary N) is 2. The molecule has 5 heteroatoms. The number of ether oxygens (including phenoxy) is 1. The van der Waals surface area contributed by atoms with Crippen molar-refractivity contribution in [2.24, 2.45) is 0 Å². The van der Waals surface area contributed by atoms with E-state index < -0.39 is 11.7 Å². The Bertz CT molecular complexity index is 532. The van der Waals surface area contributed by atoms with E-state index in [2.05, 4.69) is 10.6 Å². The summed E-state index contributed by atoms with van der Waals surface area (Å²) in [6.07, 6.45) is 0.820. The molecule has 2 rings (SSSR count). The molecular weight excluding hydrogens is 256 g/mol. The Morgan fingerprint density at radius 1 is 1.35 bits per heavy atom. The highest BCUT2D eigenvalue weighted by molar-refractivity contribution is 5.93. The van der Waals surface area contributed by atoms with Crippen LogP contribution in [0.3, 0.4) is 0 Å². The van der Waals surface area contributed by atoms with Gasteiger partial charge >= 0.3 is 6.09 Å². The predicted molar refractivity (Wildman–Crippen MR) is 76.5 cm³/mol. The van der Waals surface area contributed by atoms with Gasteiger partial charge in [0, 0.05) is 18.7 Å². The van der Waals surface area contributed by atoms with Crippen LogP contribution >= 0.6 is 0 Å². The molecule has 0 unspecified atom stereocenters. The molecule has 0 fully saturated rings. The number of carbonyl (C=O) groups excluding carboxylic acids is 2. The number of alkyl carbamates (subject to hydrolysis) is 1. The van der Waals surface area contributed by atoms with Crippen LogP contribution in [0.2, 0.25) is 0 Å². The first-order chi connectivity index (χ1) is 9.33. The molecule has 0 bridgehead atoms. The number of rotatable bonds is 2. The summed E-state index contributed by atoms with van der Waals surface area (Å²) in [6, 6.07) is 5.77. The van der Waals surface area contributed by atoms with Crippen molar-refractivity contribution in [2.75, 3.05) is 5.32 Å². The normalized spacial score (nSPS) is 14.2. The molecule has 0 radical (unpaired) electrons. The smallest absolute Gasteiger partial charge is 0.407 e. The van der Waals surface area contributed by atoms with Crippen molar-refractivity contribution in [3.8, 4) is 0 Å². The van der Waals surface area contributed by atoms with Crippen LogP contribution in [-0.4, -0.2) is 17.6 Å². The van der Waals surface area contributed by atoms with E-state index in [1.54, 1.807) is 0 Å². The fourth-order valence-corrected chi connectivity index (χ4v) is 2.04. The van der Waals surface area contributed by atoms with Crippen LogP contribution in [-0.2, 0) is 22.5 Å². The lowest BCUT2D eigenvalue weighted by Crippen LogP contribution is -2.32. The first-order valence-electron chi connectivity index (χ1n) is 6.72. The highest BCUT2D eigenvalue weighted by Gasteiger charge is 2.17. The molecule has 0 saturated carbocycles. The summed E-state index contributed by atoms with van der Waals surface area (Å²) in [5.41, 5.74) is 2.46. The van der Waals surface area contributed by atoms with Gasteiger partial charge in [0.05, 0.1) is 0 Å². The summed E-state index contributed by atoms with van der Waals surface area (Å²) in [7, 11) is 0. The largest absolute Gasteiger partial charge is 0.444 e. The average molecular weight is 276 g/mol. The van der Waals surface area contributed by atoms with Crippen LogP contribution < -0.4 is 10.6 Å². The van der Waals surface area contributed by atoms with Gasteiger partial charge in [-0.05, 0) is 44.4 Å². The van der Waals surface area contributed by atoms with Gasteiger partial charge in [0.2, 0.25) is 5.91 Å². The first kappa shape index (κ1) is 14.4. The molecule has 0 aliphatic carbocycles. The van der Waals surface area contributed by atoms with Gasteiger partial charge in [-0.25, -0.2) is 4.79 Å². The number of carbonyl (C=O) groups is 2. The van der Waals surface area contributed by atoms with Crippen molar-refractivity contribution in [3.63, 3.8) is 0 Å². The second kappa shape index (κ2) is 5.53. The Hall–Kier alpha value is -2.04. The predicted octanol–water partition coefficient (Wildman–Crippen LogP) is 2.60. The van der Waals surface area contributed by atoms with Crippen molar-refractivity contribution in [1.82, 2.24) is 5.32 Å². The summed E-state index contributed by atoms with van der Waals surface area (Å²) in [5, 5.41) is 5.55. The summed E-state index contributed by atoms with van der Waals surface area (Å²) in [5.74, 6) is 0.0529. The summed E-state index contributed by atoms with van der Waals surface area (Å²) in [6.45, 7) is 5.90. The second-order valence-corrected chi connectivity index (χ2v) is 5.90. The number of amides is 2. The Balaban J connectivity index is 1.94. The highest BCUT2D eigenvalue weighted by atomic mass is 16.6. The van der Waals surface area contributed by atoms with E-state index >= 15 is 0 Å². The zero-order chi connectivity index (χ0) is 14.8. The molecule has 0 spiro atoms. The van der Waals surface area contributed by atoms with Crippen LogP contribution in [0.15, 0.2) is 18.2 Å². The van der Waals surface area contributed by atoms with Crippen LogP contribution in [0.4, 0.5) is 10.5 Å². The van der Waals surface area contributed by atoms with Gasteiger partial charge < -0.3 is 15.4 Å². The monoisotopic (exact) mass is 276 g/mol. The van der Waals surface area contributed by atoms with E-state index in [0.29, 0.717) is 13.0 Å². The zero-order valence-corrected chi connectivity index (χ0v) is 12.1. The maximum Gasteiger partial charge on any atom is 0.407 e. The lowest BCUT2D eigenvalue weighted by Gasteiger charge is -2.20. The molecule has 0 saturated heterocycles. The Kier molecular flexibility index (Phi) is 3.97. The van der Waals surface area contributed by atoms with E-state index in [0.717, 1.165) is 23.2 Å². The molecule has 20 heavy (non-hydrogen) atoms. The number of benzene rings is 1. The number of hydrogen-bond donors (Lipinski definition) is 2. The lowest BCUT2D eigenvalue weighted by atomic mass is 10.0. The van der Waals surface area contributed by atoms with Crippen LogP contribution in [0.1, 0.15) is 38.3 Å². The molecular formula is C15H20N2O3. The third kappa shape index (κ3) is 3.98. The minimum Gasteiger partial charge on any atom is -0.444 e. The molecule has 1 aromatic carbocycles. The molecule has 2 amide bonds. The molecule has 2 N–H and O–H groups in total. The lowest BCUT2D eigenvalue weighted by molar-refractivity contribution is -0.116. The third-order valence-corrected chi connectivity index (χ3v) is 2.90. The summed E-state index contributed by atoms with van der Waals surface area (Å²) < 4.78 is 5.18. The first-order valence-corrected chi connectivity index (χ1v) is 6.72. The molecule has 108 valence electrons. The van der Waals surface area contributed by atoms with E-state index in [4.69, 9.17) is 4.74 Å². The maximum absolute atomic E-state index is 11.6. The summed E-state index contributed by atoms with van der Waals surface area (Å²) in [4.78, 5) is 22.8. The van der Waals surface area contributed by atoms with Gasteiger partial charge in [0.15, 0.2) is 0 Å². The van der Waals surface area contributed by atoms with E-state index in [-0.39, 0.29) is 5.91 Å². The number of aryl methyl sites for hydroxylation is 1. The van der Waals surface area contributed by atoms with Gasteiger partial charge in [-0.15, -0.1) is 0 Å². The molecule has 5 nitrogen and oxygen atoms in total. The zero-order valence-electron chi connectivity index (χ0n) is 12.1. The third-order valence-electron chi connectivity index (χ3n) is 2.90. The number of fused-ring (bicyclic) bond motifs is 1. The minimum atomic E-state index is -0.496.